The molecule has 9 heteroatoms. The maximum atomic E-state index is 9.56. The lowest BCUT2D eigenvalue weighted by molar-refractivity contribution is 0.0992. The summed E-state index contributed by atoms with van der Waals surface area (Å²) in [7, 11) is 1.78. The molecule has 4 rings (SSSR count). The van der Waals surface area contributed by atoms with Crippen LogP contribution in [-0.4, -0.2) is 47.6 Å². The van der Waals surface area contributed by atoms with Crippen molar-refractivity contribution in [2.45, 2.75) is 57.3 Å². The minimum absolute atomic E-state index is 0. The maximum Gasteiger partial charge on any atom is 0.191 e. The number of fused-ring (bicyclic) bond motifs is 2. The zero-order valence-electron chi connectivity index (χ0n) is 18.0. The van der Waals surface area contributed by atoms with Gasteiger partial charge in [-0.3, -0.25) is 4.99 Å². The molecular weight excluding hydrogens is 505 g/mol. The third kappa shape index (κ3) is 5.13. The molecule has 2 saturated heterocycles. The molecule has 0 spiro atoms. The minimum Gasteiger partial charge on any atom is -0.382 e. The van der Waals surface area contributed by atoms with E-state index in [2.05, 4.69) is 26.8 Å². The lowest BCUT2D eigenvalue weighted by atomic mass is 9.96. The fourth-order valence-corrected chi connectivity index (χ4v) is 4.28. The highest BCUT2D eigenvalue weighted by Gasteiger charge is 2.41. The zero-order chi connectivity index (χ0) is 21.1. The summed E-state index contributed by atoms with van der Waals surface area (Å²) in [5, 5.41) is 21.0. The zero-order valence-corrected chi connectivity index (χ0v) is 20.3. The largest absolute Gasteiger partial charge is 0.382 e. The third-order valence-corrected chi connectivity index (χ3v) is 5.92. The molecule has 0 saturated carbocycles. The molecule has 3 atom stereocenters. The van der Waals surface area contributed by atoms with Gasteiger partial charge in [0.05, 0.1) is 29.6 Å². The van der Waals surface area contributed by atoms with Gasteiger partial charge in [0, 0.05) is 13.6 Å². The molecule has 166 valence electrons. The van der Waals surface area contributed by atoms with Crippen molar-refractivity contribution in [1.29, 1.82) is 5.26 Å². The van der Waals surface area contributed by atoms with Crippen LogP contribution in [0, 0.1) is 18.3 Å². The van der Waals surface area contributed by atoms with Crippen molar-refractivity contribution in [2.75, 3.05) is 19.3 Å². The number of aromatic nitrogens is 2. The van der Waals surface area contributed by atoms with Crippen molar-refractivity contribution < 1.29 is 4.74 Å². The van der Waals surface area contributed by atoms with Crippen molar-refractivity contribution in [3.63, 3.8) is 0 Å². The molecule has 2 fully saturated rings. The number of nitriles is 1. The van der Waals surface area contributed by atoms with E-state index in [0.29, 0.717) is 36.1 Å². The monoisotopic (exact) mass is 535 g/mol. The van der Waals surface area contributed by atoms with Crippen molar-refractivity contribution in [1.82, 2.24) is 20.4 Å². The van der Waals surface area contributed by atoms with Crippen LogP contribution in [0.2, 0.25) is 0 Å². The number of hydrogen-bond donors (Lipinski definition) is 3. The average molecular weight is 535 g/mol. The van der Waals surface area contributed by atoms with Crippen LogP contribution in [0.25, 0.3) is 5.69 Å². The van der Waals surface area contributed by atoms with E-state index in [1.807, 2.05) is 31.2 Å². The molecule has 4 N–H and O–H groups in total. The lowest BCUT2D eigenvalue weighted by Crippen LogP contribution is -2.47. The van der Waals surface area contributed by atoms with Gasteiger partial charge in [0.15, 0.2) is 5.96 Å². The molecule has 1 aromatic heterocycles. The number of anilines is 1. The molecule has 0 amide bonds. The number of halogens is 1. The van der Waals surface area contributed by atoms with Gasteiger partial charge in [-0.15, -0.1) is 24.0 Å². The van der Waals surface area contributed by atoms with E-state index in [0.717, 1.165) is 48.7 Å². The van der Waals surface area contributed by atoms with Crippen LogP contribution in [0.15, 0.2) is 29.3 Å². The van der Waals surface area contributed by atoms with E-state index in [4.69, 9.17) is 10.5 Å². The number of benzene rings is 1. The third-order valence-electron chi connectivity index (χ3n) is 5.92. The number of guanidine groups is 1. The fourth-order valence-electron chi connectivity index (χ4n) is 4.28. The van der Waals surface area contributed by atoms with E-state index in [-0.39, 0.29) is 24.0 Å². The topological polar surface area (TPSA) is 113 Å². The predicted molar refractivity (Wildman–Crippen MR) is 132 cm³/mol. The molecular formula is C22H30IN7O. The number of nitrogens with zero attached hydrogens (tertiary/aromatic N) is 4. The van der Waals surface area contributed by atoms with Crippen LogP contribution < -0.4 is 16.4 Å². The number of aliphatic imine (C=N–C) groups is 1. The summed E-state index contributed by atoms with van der Waals surface area (Å²) >= 11 is 0. The molecule has 3 heterocycles. The Hall–Kier alpha value is -2.32. The SMILES string of the molecule is CN=C(NCCCc1nn(-c2ccc(C)cc2)c(N)c1C#N)NC1CC2CCC1O2.I. The number of nitrogen functional groups attached to an aromatic ring is 1. The van der Waals surface area contributed by atoms with Crippen molar-refractivity contribution in [3.05, 3.63) is 41.1 Å². The number of ether oxygens (including phenoxy) is 1. The first-order valence-electron chi connectivity index (χ1n) is 10.6. The number of hydrogen-bond acceptors (Lipinski definition) is 5. The average Bonchev–Trinajstić information content (AvgIpc) is 3.45. The van der Waals surface area contributed by atoms with Gasteiger partial charge >= 0.3 is 0 Å². The molecule has 1 aromatic carbocycles. The predicted octanol–water partition coefficient (Wildman–Crippen LogP) is 2.67. The molecule has 31 heavy (non-hydrogen) atoms. The summed E-state index contributed by atoms with van der Waals surface area (Å²) in [4.78, 5) is 4.33. The Morgan fingerprint density at radius 2 is 2.13 bits per heavy atom. The molecule has 2 aliphatic rings. The van der Waals surface area contributed by atoms with Gasteiger partial charge in [0.25, 0.3) is 0 Å². The summed E-state index contributed by atoms with van der Waals surface area (Å²) in [5.41, 5.74) is 9.40. The van der Waals surface area contributed by atoms with Crippen molar-refractivity contribution >= 4 is 35.8 Å². The normalized spacial score (nSPS) is 22.1. The molecule has 8 nitrogen and oxygen atoms in total. The van der Waals surface area contributed by atoms with E-state index in [1.165, 1.54) is 6.42 Å². The van der Waals surface area contributed by atoms with Crippen molar-refractivity contribution in [3.8, 4) is 11.8 Å². The smallest absolute Gasteiger partial charge is 0.191 e. The van der Waals surface area contributed by atoms with Gasteiger partial charge in [-0.1, -0.05) is 17.7 Å². The van der Waals surface area contributed by atoms with E-state index < -0.39 is 0 Å². The lowest BCUT2D eigenvalue weighted by Gasteiger charge is -2.22. The first-order chi connectivity index (χ1) is 14.6. The highest BCUT2D eigenvalue weighted by Crippen LogP contribution is 2.34. The van der Waals surface area contributed by atoms with E-state index in [1.54, 1.807) is 11.7 Å². The summed E-state index contributed by atoms with van der Waals surface area (Å²) in [5.74, 6) is 1.18. The molecule has 2 bridgehead atoms. The van der Waals surface area contributed by atoms with Gasteiger partial charge in [-0.2, -0.15) is 10.4 Å². The highest BCUT2D eigenvalue weighted by atomic mass is 127. The van der Waals surface area contributed by atoms with Gasteiger partial charge in [0.2, 0.25) is 0 Å². The number of nitrogens with one attached hydrogen (secondary N) is 2. The fraction of sp³-hybridized carbons (Fsp3) is 0.500. The Bertz CT molecular complexity index is 963. The Morgan fingerprint density at radius 1 is 1.35 bits per heavy atom. The standard InChI is InChI=1S/C22H29N7O.HI/c1-14-5-7-15(8-6-14)29-21(24)17(13-23)18(28-29)4-3-11-26-22(25-2)27-19-12-16-9-10-20(19)30-16;/h5-8,16,19-20H,3-4,9-12,24H2,1-2H3,(H2,25,26,27);1H. The molecule has 2 aliphatic heterocycles. The Balaban J connectivity index is 0.00000272. The van der Waals surface area contributed by atoms with Gasteiger partial charge in [-0.25, -0.2) is 4.68 Å². The molecule has 0 aliphatic carbocycles. The van der Waals surface area contributed by atoms with Crippen LogP contribution in [-0.2, 0) is 11.2 Å². The highest BCUT2D eigenvalue weighted by molar-refractivity contribution is 14.0. The first-order valence-corrected chi connectivity index (χ1v) is 10.6. The molecule has 3 unspecified atom stereocenters. The van der Waals surface area contributed by atoms with Crippen LogP contribution in [0.4, 0.5) is 5.82 Å². The Kier molecular flexibility index (Phi) is 7.78. The summed E-state index contributed by atoms with van der Waals surface area (Å²) < 4.78 is 7.55. The number of nitrogens with two attached hydrogens (primary N) is 1. The van der Waals surface area contributed by atoms with Gasteiger partial charge in [-0.05, 0) is 51.2 Å². The van der Waals surface area contributed by atoms with E-state index in [9.17, 15) is 5.26 Å². The molecule has 0 radical (unpaired) electrons. The number of rotatable bonds is 6. The quantitative estimate of drug-likeness (QED) is 0.227. The van der Waals surface area contributed by atoms with Gasteiger partial charge in [0.1, 0.15) is 17.5 Å². The number of aryl methyl sites for hydroxylation is 2. The summed E-state index contributed by atoms with van der Waals surface area (Å²) in [6, 6.07) is 10.5. The van der Waals surface area contributed by atoms with Crippen LogP contribution in [0.1, 0.15) is 42.5 Å². The van der Waals surface area contributed by atoms with Crippen LogP contribution >= 0.6 is 24.0 Å². The van der Waals surface area contributed by atoms with Crippen LogP contribution in [0.3, 0.4) is 0 Å². The van der Waals surface area contributed by atoms with E-state index >= 15 is 0 Å². The Labute approximate surface area is 200 Å². The molecule has 2 aromatic rings. The summed E-state index contributed by atoms with van der Waals surface area (Å²) in [6.07, 6.45) is 5.53. The van der Waals surface area contributed by atoms with Gasteiger partial charge < -0.3 is 21.1 Å². The minimum atomic E-state index is 0. The second-order valence-electron chi connectivity index (χ2n) is 8.03. The summed E-state index contributed by atoms with van der Waals surface area (Å²) in [6.45, 7) is 2.76. The van der Waals surface area contributed by atoms with Crippen LogP contribution in [0.5, 0.6) is 0 Å². The second kappa shape index (κ2) is 10.3. The Morgan fingerprint density at radius 3 is 2.74 bits per heavy atom. The maximum absolute atomic E-state index is 9.56. The first kappa shape index (κ1) is 23.3. The van der Waals surface area contributed by atoms with Crippen molar-refractivity contribution in [2.24, 2.45) is 4.99 Å². The second-order valence-corrected chi connectivity index (χ2v) is 8.03.